The lowest BCUT2D eigenvalue weighted by Gasteiger charge is -2.17. The highest BCUT2D eigenvalue weighted by molar-refractivity contribution is 5.79. The SMILES string of the molecule is CN=C(NCCCOCC1CCOC1)NC(C)COC. The van der Waals surface area contributed by atoms with Gasteiger partial charge in [0.05, 0.1) is 19.8 Å². The fraction of sp³-hybridized carbons (Fsp3) is 0.929. The molecule has 6 heteroatoms. The Balaban J connectivity index is 1.98. The minimum Gasteiger partial charge on any atom is -0.383 e. The molecule has 0 aromatic rings. The average Bonchev–Trinajstić information content (AvgIpc) is 2.94. The lowest BCUT2D eigenvalue weighted by atomic mass is 10.1. The molecule has 20 heavy (non-hydrogen) atoms. The Bertz CT molecular complexity index is 268. The maximum absolute atomic E-state index is 5.65. The lowest BCUT2D eigenvalue weighted by Crippen LogP contribution is -2.44. The summed E-state index contributed by atoms with van der Waals surface area (Å²) in [5, 5.41) is 6.53. The summed E-state index contributed by atoms with van der Waals surface area (Å²) < 4.78 is 16.0. The predicted octanol–water partition coefficient (Wildman–Crippen LogP) is 0.630. The first-order chi connectivity index (χ1) is 9.76. The highest BCUT2D eigenvalue weighted by atomic mass is 16.5. The van der Waals surface area contributed by atoms with Crippen LogP contribution < -0.4 is 10.6 Å². The molecule has 2 atom stereocenters. The van der Waals surface area contributed by atoms with Crippen molar-refractivity contribution in [2.45, 2.75) is 25.8 Å². The standard InChI is InChI=1S/C14H29N3O3/c1-12(9-18-3)17-14(15-2)16-6-4-7-19-10-13-5-8-20-11-13/h12-13H,4-11H2,1-3H3,(H2,15,16,17). The van der Waals surface area contributed by atoms with Crippen LogP contribution in [0.25, 0.3) is 0 Å². The molecule has 0 aromatic heterocycles. The summed E-state index contributed by atoms with van der Waals surface area (Å²) in [6, 6.07) is 0.241. The molecule has 2 unspecified atom stereocenters. The van der Waals surface area contributed by atoms with Crippen LogP contribution in [-0.2, 0) is 14.2 Å². The fourth-order valence-corrected chi connectivity index (χ4v) is 2.07. The third-order valence-corrected chi connectivity index (χ3v) is 3.16. The van der Waals surface area contributed by atoms with E-state index in [9.17, 15) is 0 Å². The van der Waals surface area contributed by atoms with Crippen LogP contribution in [0.5, 0.6) is 0 Å². The number of ether oxygens (including phenoxy) is 3. The number of hydrogen-bond donors (Lipinski definition) is 2. The van der Waals surface area contributed by atoms with E-state index in [2.05, 4.69) is 22.5 Å². The third kappa shape index (κ3) is 7.67. The molecule has 0 bridgehead atoms. The molecule has 1 aliphatic heterocycles. The molecule has 2 N–H and O–H groups in total. The molecule has 1 aliphatic rings. The largest absolute Gasteiger partial charge is 0.383 e. The maximum atomic E-state index is 5.65. The molecule has 0 amide bonds. The quantitative estimate of drug-likeness (QED) is 0.370. The van der Waals surface area contributed by atoms with Crippen molar-refractivity contribution in [2.24, 2.45) is 10.9 Å². The zero-order chi connectivity index (χ0) is 14.6. The second-order valence-electron chi connectivity index (χ2n) is 5.16. The van der Waals surface area contributed by atoms with Crippen LogP contribution in [0.1, 0.15) is 19.8 Å². The molecule has 0 spiro atoms. The van der Waals surface area contributed by atoms with E-state index in [0.717, 1.165) is 51.8 Å². The van der Waals surface area contributed by atoms with E-state index in [1.54, 1.807) is 14.2 Å². The summed E-state index contributed by atoms with van der Waals surface area (Å²) >= 11 is 0. The van der Waals surface area contributed by atoms with Crippen molar-refractivity contribution >= 4 is 5.96 Å². The van der Waals surface area contributed by atoms with Crippen molar-refractivity contribution in [1.29, 1.82) is 0 Å². The van der Waals surface area contributed by atoms with E-state index in [-0.39, 0.29) is 6.04 Å². The molecule has 118 valence electrons. The van der Waals surface area contributed by atoms with Gasteiger partial charge >= 0.3 is 0 Å². The molecule has 1 fully saturated rings. The number of methoxy groups -OCH3 is 1. The Kier molecular flexibility index (Phi) is 9.36. The number of hydrogen-bond acceptors (Lipinski definition) is 4. The molecule has 1 heterocycles. The second kappa shape index (κ2) is 10.9. The molecule has 6 nitrogen and oxygen atoms in total. The predicted molar refractivity (Wildman–Crippen MR) is 80.2 cm³/mol. The van der Waals surface area contributed by atoms with Crippen LogP contribution in [0.4, 0.5) is 0 Å². The molecular formula is C14H29N3O3. The molecule has 0 aliphatic carbocycles. The Morgan fingerprint density at radius 1 is 1.50 bits per heavy atom. The van der Waals surface area contributed by atoms with E-state index >= 15 is 0 Å². The first-order valence-electron chi connectivity index (χ1n) is 7.38. The van der Waals surface area contributed by atoms with Crippen molar-refractivity contribution in [3.8, 4) is 0 Å². The normalized spacial score (nSPS) is 20.9. The summed E-state index contributed by atoms with van der Waals surface area (Å²) in [7, 11) is 3.46. The van der Waals surface area contributed by atoms with Gasteiger partial charge in [0.1, 0.15) is 0 Å². The Morgan fingerprint density at radius 3 is 3.00 bits per heavy atom. The summed E-state index contributed by atoms with van der Waals surface area (Å²) in [4.78, 5) is 4.17. The molecule has 1 saturated heterocycles. The van der Waals surface area contributed by atoms with Crippen molar-refractivity contribution in [3.05, 3.63) is 0 Å². The number of nitrogens with one attached hydrogen (secondary N) is 2. The monoisotopic (exact) mass is 287 g/mol. The zero-order valence-corrected chi connectivity index (χ0v) is 13.0. The van der Waals surface area contributed by atoms with Crippen molar-refractivity contribution in [2.75, 3.05) is 53.7 Å². The molecule has 0 radical (unpaired) electrons. The molecule has 0 aromatic carbocycles. The van der Waals surface area contributed by atoms with Gasteiger partial charge < -0.3 is 24.8 Å². The van der Waals surface area contributed by atoms with E-state index in [0.29, 0.717) is 12.5 Å². The van der Waals surface area contributed by atoms with Crippen LogP contribution in [0.3, 0.4) is 0 Å². The van der Waals surface area contributed by atoms with Gasteiger partial charge in [-0.25, -0.2) is 0 Å². The van der Waals surface area contributed by atoms with Gasteiger partial charge in [0.2, 0.25) is 0 Å². The minimum absolute atomic E-state index is 0.241. The summed E-state index contributed by atoms with van der Waals surface area (Å²) in [5.74, 6) is 1.39. The second-order valence-corrected chi connectivity index (χ2v) is 5.16. The van der Waals surface area contributed by atoms with E-state index < -0.39 is 0 Å². The van der Waals surface area contributed by atoms with Crippen LogP contribution >= 0.6 is 0 Å². The summed E-state index contributed by atoms with van der Waals surface area (Å²) in [6.07, 6.45) is 2.10. The Morgan fingerprint density at radius 2 is 2.35 bits per heavy atom. The topological polar surface area (TPSA) is 64.1 Å². The van der Waals surface area contributed by atoms with Crippen LogP contribution in [0.15, 0.2) is 4.99 Å². The van der Waals surface area contributed by atoms with Gasteiger partial charge in [0, 0.05) is 45.9 Å². The summed E-state index contributed by atoms with van der Waals surface area (Å²) in [6.45, 7) is 6.90. The van der Waals surface area contributed by atoms with Crippen LogP contribution in [0, 0.1) is 5.92 Å². The van der Waals surface area contributed by atoms with E-state index in [4.69, 9.17) is 14.2 Å². The molecular weight excluding hydrogens is 258 g/mol. The number of rotatable bonds is 9. The third-order valence-electron chi connectivity index (χ3n) is 3.16. The zero-order valence-electron chi connectivity index (χ0n) is 13.0. The highest BCUT2D eigenvalue weighted by Crippen LogP contribution is 2.12. The Labute approximate surface area is 122 Å². The van der Waals surface area contributed by atoms with Gasteiger partial charge in [-0.1, -0.05) is 0 Å². The van der Waals surface area contributed by atoms with E-state index in [1.165, 1.54) is 0 Å². The Hall–Kier alpha value is -0.850. The fourth-order valence-electron chi connectivity index (χ4n) is 2.07. The van der Waals surface area contributed by atoms with Gasteiger partial charge in [-0.05, 0) is 19.8 Å². The first-order valence-corrected chi connectivity index (χ1v) is 7.38. The van der Waals surface area contributed by atoms with Crippen molar-refractivity contribution < 1.29 is 14.2 Å². The van der Waals surface area contributed by atoms with Crippen molar-refractivity contribution in [3.63, 3.8) is 0 Å². The van der Waals surface area contributed by atoms with Gasteiger partial charge in [0.25, 0.3) is 0 Å². The van der Waals surface area contributed by atoms with Gasteiger partial charge in [0.15, 0.2) is 5.96 Å². The lowest BCUT2D eigenvalue weighted by molar-refractivity contribution is 0.0888. The van der Waals surface area contributed by atoms with Crippen LogP contribution in [0.2, 0.25) is 0 Å². The molecule has 1 rings (SSSR count). The average molecular weight is 287 g/mol. The van der Waals surface area contributed by atoms with Crippen LogP contribution in [-0.4, -0.2) is 65.7 Å². The number of guanidine groups is 1. The smallest absolute Gasteiger partial charge is 0.191 e. The minimum atomic E-state index is 0.241. The van der Waals surface area contributed by atoms with Gasteiger partial charge in [-0.3, -0.25) is 4.99 Å². The number of aliphatic imine (C=N–C) groups is 1. The number of nitrogens with zero attached hydrogens (tertiary/aromatic N) is 1. The van der Waals surface area contributed by atoms with Gasteiger partial charge in [-0.15, -0.1) is 0 Å². The molecule has 0 saturated carbocycles. The maximum Gasteiger partial charge on any atom is 0.191 e. The van der Waals surface area contributed by atoms with Gasteiger partial charge in [-0.2, -0.15) is 0 Å². The summed E-state index contributed by atoms with van der Waals surface area (Å²) in [5.41, 5.74) is 0. The van der Waals surface area contributed by atoms with Crippen molar-refractivity contribution in [1.82, 2.24) is 10.6 Å². The van der Waals surface area contributed by atoms with E-state index in [1.807, 2.05) is 0 Å². The highest BCUT2D eigenvalue weighted by Gasteiger charge is 2.15. The first kappa shape index (κ1) is 17.2.